The van der Waals surface area contributed by atoms with Gasteiger partial charge in [0.05, 0.1) is 6.04 Å². The maximum Gasteiger partial charge on any atom is 0.226 e. The quantitative estimate of drug-likeness (QED) is 0.881. The van der Waals surface area contributed by atoms with Crippen molar-refractivity contribution in [2.24, 2.45) is 17.3 Å². The molecule has 0 aromatic heterocycles. The minimum Gasteiger partial charge on any atom is -0.349 e. The van der Waals surface area contributed by atoms with Gasteiger partial charge in [-0.2, -0.15) is 0 Å². The lowest BCUT2D eigenvalue weighted by atomic mass is 9.74. The number of benzene rings is 1. The van der Waals surface area contributed by atoms with E-state index in [0.717, 1.165) is 12.3 Å². The Kier molecular flexibility index (Phi) is 3.59. The number of amides is 1. The predicted molar refractivity (Wildman–Crippen MR) is 86.0 cm³/mol. The van der Waals surface area contributed by atoms with Crippen molar-refractivity contribution in [2.75, 3.05) is 0 Å². The second-order valence-electron chi connectivity index (χ2n) is 7.55. The van der Waals surface area contributed by atoms with E-state index >= 15 is 0 Å². The van der Waals surface area contributed by atoms with E-state index in [9.17, 15) is 4.79 Å². The SMILES string of the molecule is Cc1ccc(C(C)NC(=O)C2(C)CC3CCC2C3)c(C)c1. The van der Waals surface area contributed by atoms with Crippen LogP contribution in [-0.2, 0) is 4.79 Å². The molecule has 1 aromatic carbocycles. The van der Waals surface area contributed by atoms with E-state index in [-0.39, 0.29) is 17.4 Å². The Morgan fingerprint density at radius 3 is 2.67 bits per heavy atom. The molecule has 2 aliphatic rings. The number of hydrogen-bond acceptors (Lipinski definition) is 1. The zero-order valence-electron chi connectivity index (χ0n) is 13.7. The van der Waals surface area contributed by atoms with Crippen molar-refractivity contribution in [3.63, 3.8) is 0 Å². The highest BCUT2D eigenvalue weighted by Crippen LogP contribution is 2.55. The summed E-state index contributed by atoms with van der Waals surface area (Å²) in [5, 5.41) is 3.28. The van der Waals surface area contributed by atoms with Gasteiger partial charge in [-0.25, -0.2) is 0 Å². The van der Waals surface area contributed by atoms with Crippen molar-refractivity contribution in [1.29, 1.82) is 0 Å². The van der Waals surface area contributed by atoms with E-state index in [1.165, 1.54) is 36.0 Å². The molecule has 1 aromatic rings. The Balaban J connectivity index is 1.72. The fourth-order valence-electron chi connectivity index (χ4n) is 4.63. The lowest BCUT2D eigenvalue weighted by Crippen LogP contribution is -2.43. The van der Waals surface area contributed by atoms with Gasteiger partial charge in [-0.15, -0.1) is 0 Å². The molecule has 2 nitrogen and oxygen atoms in total. The molecule has 2 heteroatoms. The maximum atomic E-state index is 12.8. The predicted octanol–water partition coefficient (Wildman–Crippen LogP) is 4.31. The molecule has 2 bridgehead atoms. The fourth-order valence-corrected chi connectivity index (χ4v) is 4.63. The largest absolute Gasteiger partial charge is 0.349 e. The summed E-state index contributed by atoms with van der Waals surface area (Å²) >= 11 is 0. The normalized spacial score (nSPS) is 32.2. The fraction of sp³-hybridized carbons (Fsp3) is 0.632. The maximum absolute atomic E-state index is 12.8. The van der Waals surface area contributed by atoms with Gasteiger partial charge in [0.15, 0.2) is 0 Å². The molecule has 2 saturated carbocycles. The Hall–Kier alpha value is -1.31. The van der Waals surface area contributed by atoms with Crippen molar-refractivity contribution >= 4 is 5.91 Å². The van der Waals surface area contributed by atoms with Gasteiger partial charge in [0.25, 0.3) is 0 Å². The first-order valence-corrected chi connectivity index (χ1v) is 8.28. The first-order chi connectivity index (χ1) is 9.90. The van der Waals surface area contributed by atoms with Crippen LogP contribution >= 0.6 is 0 Å². The van der Waals surface area contributed by atoms with E-state index in [4.69, 9.17) is 0 Å². The van der Waals surface area contributed by atoms with Crippen LogP contribution in [0.4, 0.5) is 0 Å². The molecule has 0 spiro atoms. The van der Waals surface area contributed by atoms with Gasteiger partial charge in [-0.1, -0.05) is 37.1 Å². The summed E-state index contributed by atoms with van der Waals surface area (Å²) in [4.78, 5) is 12.8. The molecular formula is C19H27NO. The number of aryl methyl sites for hydroxylation is 2. The molecular weight excluding hydrogens is 258 g/mol. The van der Waals surface area contributed by atoms with Crippen molar-refractivity contribution in [2.45, 2.75) is 59.4 Å². The van der Waals surface area contributed by atoms with E-state index in [1.807, 2.05) is 0 Å². The number of carbonyl (C=O) groups is 1. The molecule has 0 heterocycles. The van der Waals surface area contributed by atoms with E-state index in [0.29, 0.717) is 5.92 Å². The van der Waals surface area contributed by atoms with Crippen LogP contribution in [-0.4, -0.2) is 5.91 Å². The summed E-state index contributed by atoms with van der Waals surface area (Å²) in [7, 11) is 0. The van der Waals surface area contributed by atoms with Crippen LogP contribution < -0.4 is 5.32 Å². The monoisotopic (exact) mass is 285 g/mol. The lowest BCUT2D eigenvalue weighted by molar-refractivity contribution is -0.133. The second kappa shape index (κ2) is 5.15. The van der Waals surface area contributed by atoms with Gasteiger partial charge >= 0.3 is 0 Å². The van der Waals surface area contributed by atoms with Crippen LogP contribution in [0.1, 0.15) is 62.3 Å². The van der Waals surface area contributed by atoms with Crippen molar-refractivity contribution in [3.8, 4) is 0 Å². The average molecular weight is 285 g/mol. The average Bonchev–Trinajstić information content (AvgIpc) is 2.98. The zero-order valence-corrected chi connectivity index (χ0v) is 13.7. The molecule has 114 valence electrons. The van der Waals surface area contributed by atoms with Gasteiger partial charge in [0.2, 0.25) is 5.91 Å². The smallest absolute Gasteiger partial charge is 0.226 e. The number of carbonyl (C=O) groups excluding carboxylic acids is 1. The molecule has 3 rings (SSSR count). The minimum absolute atomic E-state index is 0.0917. The summed E-state index contributed by atoms with van der Waals surface area (Å²) < 4.78 is 0. The summed E-state index contributed by atoms with van der Waals surface area (Å²) in [6, 6.07) is 6.56. The molecule has 4 atom stereocenters. The van der Waals surface area contributed by atoms with Crippen LogP contribution in [0.15, 0.2) is 18.2 Å². The van der Waals surface area contributed by atoms with Gasteiger partial charge in [-0.05, 0) is 63.0 Å². The van der Waals surface area contributed by atoms with Crippen molar-refractivity contribution in [3.05, 3.63) is 34.9 Å². The van der Waals surface area contributed by atoms with Gasteiger partial charge < -0.3 is 5.32 Å². The van der Waals surface area contributed by atoms with E-state index < -0.39 is 0 Å². The molecule has 1 N–H and O–H groups in total. The highest BCUT2D eigenvalue weighted by Gasteiger charge is 2.52. The Labute approximate surface area is 128 Å². The molecule has 2 fully saturated rings. The third kappa shape index (κ3) is 2.49. The summed E-state index contributed by atoms with van der Waals surface area (Å²) in [6.45, 7) is 8.52. The van der Waals surface area contributed by atoms with E-state index in [1.54, 1.807) is 0 Å². The van der Waals surface area contributed by atoms with Gasteiger partial charge in [0.1, 0.15) is 0 Å². The molecule has 21 heavy (non-hydrogen) atoms. The van der Waals surface area contributed by atoms with Crippen LogP contribution in [0.3, 0.4) is 0 Å². The first-order valence-electron chi connectivity index (χ1n) is 8.28. The number of rotatable bonds is 3. The summed E-state index contributed by atoms with van der Waals surface area (Å²) in [5.41, 5.74) is 3.65. The van der Waals surface area contributed by atoms with Crippen LogP contribution in [0.2, 0.25) is 0 Å². The van der Waals surface area contributed by atoms with Gasteiger partial charge in [-0.3, -0.25) is 4.79 Å². The molecule has 0 saturated heterocycles. The van der Waals surface area contributed by atoms with Crippen LogP contribution in [0.5, 0.6) is 0 Å². The van der Waals surface area contributed by atoms with Gasteiger partial charge in [0, 0.05) is 5.41 Å². The number of hydrogen-bond donors (Lipinski definition) is 1. The Bertz CT molecular complexity index is 565. The highest BCUT2D eigenvalue weighted by molar-refractivity contribution is 5.83. The highest BCUT2D eigenvalue weighted by atomic mass is 16.2. The first kappa shape index (κ1) is 14.6. The second-order valence-corrected chi connectivity index (χ2v) is 7.55. The van der Waals surface area contributed by atoms with Crippen LogP contribution in [0.25, 0.3) is 0 Å². The van der Waals surface area contributed by atoms with Crippen molar-refractivity contribution in [1.82, 2.24) is 5.32 Å². The summed E-state index contributed by atoms with van der Waals surface area (Å²) in [5.74, 6) is 1.66. The third-order valence-corrected chi connectivity index (χ3v) is 5.91. The molecule has 2 aliphatic carbocycles. The van der Waals surface area contributed by atoms with Crippen LogP contribution in [0, 0.1) is 31.1 Å². The minimum atomic E-state index is -0.129. The number of nitrogens with one attached hydrogen (secondary N) is 1. The number of fused-ring (bicyclic) bond motifs is 2. The van der Waals surface area contributed by atoms with E-state index in [2.05, 4.69) is 51.2 Å². The Morgan fingerprint density at radius 2 is 2.10 bits per heavy atom. The molecule has 0 radical (unpaired) electrons. The Morgan fingerprint density at radius 1 is 1.33 bits per heavy atom. The molecule has 0 aliphatic heterocycles. The zero-order chi connectivity index (χ0) is 15.2. The lowest BCUT2D eigenvalue weighted by Gasteiger charge is -2.34. The van der Waals surface area contributed by atoms with Crippen molar-refractivity contribution < 1.29 is 4.79 Å². The third-order valence-electron chi connectivity index (χ3n) is 5.91. The standard InChI is InChI=1S/C19H27NO/c1-12-5-8-17(13(2)9-12)14(3)20-18(21)19(4)11-15-6-7-16(19)10-15/h5,8-9,14-16H,6-7,10-11H2,1-4H3,(H,20,21). The molecule has 1 amide bonds. The summed E-state index contributed by atoms with van der Waals surface area (Å²) in [6.07, 6.45) is 4.93. The topological polar surface area (TPSA) is 29.1 Å². The molecule has 4 unspecified atom stereocenters.